The molecule has 1 aromatic heterocycles. The number of hydrogen-bond acceptors (Lipinski definition) is 7. The summed E-state index contributed by atoms with van der Waals surface area (Å²) in [7, 11) is 0. The summed E-state index contributed by atoms with van der Waals surface area (Å²) in [5, 5.41) is 23.9. The topological polar surface area (TPSA) is 118 Å². The molecule has 0 saturated carbocycles. The van der Waals surface area contributed by atoms with Gasteiger partial charge in [-0.3, -0.25) is 15.1 Å². The molecule has 9 heteroatoms. The smallest absolute Gasteiger partial charge is 0.408 e. The normalized spacial score (nSPS) is 21.2. The average Bonchev–Trinajstić information content (AvgIpc) is 2.47. The molecule has 2 rings (SSSR count). The monoisotopic (exact) mass is 338 g/mol. The Balaban J connectivity index is 2.11. The quantitative estimate of drug-likeness (QED) is 0.632. The molecule has 1 aromatic rings. The molecule has 1 aliphatic heterocycles. The van der Waals surface area contributed by atoms with Crippen molar-refractivity contribution < 1.29 is 19.6 Å². The van der Waals surface area contributed by atoms with E-state index in [-0.39, 0.29) is 12.2 Å². The summed E-state index contributed by atoms with van der Waals surface area (Å²) in [4.78, 5) is 28.1. The Bertz CT molecular complexity index is 616. The summed E-state index contributed by atoms with van der Waals surface area (Å²) in [5.41, 5.74) is -0.337. The van der Waals surface area contributed by atoms with Crippen LogP contribution in [0, 0.1) is 10.1 Å². The molecule has 132 valence electrons. The van der Waals surface area contributed by atoms with Crippen LogP contribution in [0.15, 0.2) is 18.5 Å². The lowest BCUT2D eigenvalue weighted by atomic mass is 10.0. The number of ether oxygens (including phenoxy) is 1. The SMILES string of the molecule is CC(C)(C)OC(=O)N[C@H]1CN(c2ccncc2[N+](=O)[O-])CC[C@@H]1O. The highest BCUT2D eigenvalue weighted by Crippen LogP contribution is 2.29. The van der Waals surface area contributed by atoms with Crippen molar-refractivity contribution in [3.63, 3.8) is 0 Å². The number of amides is 1. The summed E-state index contributed by atoms with van der Waals surface area (Å²) in [6.07, 6.45) is 1.67. The maximum Gasteiger partial charge on any atom is 0.408 e. The number of aliphatic hydroxyl groups is 1. The van der Waals surface area contributed by atoms with E-state index < -0.39 is 28.8 Å². The molecule has 9 nitrogen and oxygen atoms in total. The second-order valence-corrected chi connectivity index (χ2v) is 6.68. The summed E-state index contributed by atoms with van der Waals surface area (Å²) in [6, 6.07) is 0.974. The number of nitro groups is 1. The lowest BCUT2D eigenvalue weighted by Gasteiger charge is -2.37. The number of alkyl carbamates (subject to hydrolysis) is 1. The molecule has 1 aliphatic rings. The first-order valence-electron chi connectivity index (χ1n) is 7.68. The summed E-state index contributed by atoms with van der Waals surface area (Å²) in [5.74, 6) is 0. The minimum absolute atomic E-state index is 0.107. The van der Waals surface area contributed by atoms with E-state index in [0.717, 1.165) is 0 Å². The average molecular weight is 338 g/mol. The first-order valence-corrected chi connectivity index (χ1v) is 7.68. The van der Waals surface area contributed by atoms with Crippen molar-refractivity contribution in [1.29, 1.82) is 0 Å². The number of anilines is 1. The first-order chi connectivity index (χ1) is 11.2. The van der Waals surface area contributed by atoms with Crippen molar-refractivity contribution in [3.8, 4) is 0 Å². The zero-order valence-corrected chi connectivity index (χ0v) is 13.9. The van der Waals surface area contributed by atoms with Crippen molar-refractivity contribution in [2.24, 2.45) is 0 Å². The predicted octanol–water partition coefficient (Wildman–Crippen LogP) is 1.45. The van der Waals surface area contributed by atoms with Gasteiger partial charge in [-0.25, -0.2) is 4.79 Å². The lowest BCUT2D eigenvalue weighted by molar-refractivity contribution is -0.384. The number of piperidine rings is 1. The standard InChI is InChI=1S/C15H22N4O5/c1-15(2,3)24-14(21)17-10-9-18(7-5-13(10)20)11-4-6-16-8-12(11)19(22)23/h4,6,8,10,13,20H,5,7,9H2,1-3H3,(H,17,21)/t10-,13-/m0/s1. The number of carbonyl (C=O) groups excluding carboxylic acids is 1. The maximum atomic E-state index is 11.9. The van der Waals surface area contributed by atoms with Crippen molar-refractivity contribution in [2.45, 2.75) is 44.9 Å². The van der Waals surface area contributed by atoms with Gasteiger partial charge in [0.15, 0.2) is 0 Å². The second kappa shape index (κ2) is 7.00. The van der Waals surface area contributed by atoms with Crippen LogP contribution in [-0.4, -0.2) is 51.9 Å². The van der Waals surface area contributed by atoms with E-state index in [1.807, 2.05) is 0 Å². The van der Waals surface area contributed by atoms with Crippen LogP contribution in [0.25, 0.3) is 0 Å². The highest BCUT2D eigenvalue weighted by Gasteiger charge is 2.32. The fourth-order valence-corrected chi connectivity index (χ4v) is 2.55. The minimum atomic E-state index is -0.741. The summed E-state index contributed by atoms with van der Waals surface area (Å²) in [6.45, 7) is 5.92. The molecular weight excluding hydrogens is 316 g/mol. The Hall–Kier alpha value is -2.42. The predicted molar refractivity (Wildman–Crippen MR) is 86.9 cm³/mol. The van der Waals surface area contributed by atoms with Gasteiger partial charge < -0.3 is 20.1 Å². The molecule has 0 aromatic carbocycles. The van der Waals surface area contributed by atoms with Crippen LogP contribution in [0.2, 0.25) is 0 Å². The Morgan fingerprint density at radius 3 is 2.88 bits per heavy atom. The van der Waals surface area contributed by atoms with E-state index in [2.05, 4.69) is 10.3 Å². The largest absolute Gasteiger partial charge is 0.444 e. The zero-order valence-electron chi connectivity index (χ0n) is 13.9. The number of hydrogen-bond donors (Lipinski definition) is 2. The summed E-state index contributed by atoms with van der Waals surface area (Å²) >= 11 is 0. The Morgan fingerprint density at radius 2 is 2.25 bits per heavy atom. The number of aromatic nitrogens is 1. The molecule has 0 unspecified atom stereocenters. The van der Waals surface area contributed by atoms with Gasteiger partial charge in [-0.15, -0.1) is 0 Å². The van der Waals surface area contributed by atoms with E-state index in [0.29, 0.717) is 18.7 Å². The third kappa shape index (κ3) is 4.54. The minimum Gasteiger partial charge on any atom is -0.444 e. The molecule has 0 radical (unpaired) electrons. The van der Waals surface area contributed by atoms with E-state index in [1.54, 1.807) is 31.7 Å². The van der Waals surface area contributed by atoms with Crippen LogP contribution in [0.1, 0.15) is 27.2 Å². The van der Waals surface area contributed by atoms with Gasteiger partial charge in [-0.2, -0.15) is 0 Å². The molecule has 1 saturated heterocycles. The van der Waals surface area contributed by atoms with Crippen LogP contribution < -0.4 is 10.2 Å². The molecule has 1 amide bonds. The Labute approximate surface area is 139 Å². The van der Waals surface area contributed by atoms with Crippen molar-refractivity contribution in [3.05, 3.63) is 28.6 Å². The van der Waals surface area contributed by atoms with Crippen LogP contribution in [0.4, 0.5) is 16.2 Å². The van der Waals surface area contributed by atoms with E-state index in [4.69, 9.17) is 4.74 Å². The van der Waals surface area contributed by atoms with Gasteiger partial charge >= 0.3 is 11.8 Å². The molecule has 1 fully saturated rings. The van der Waals surface area contributed by atoms with Crippen molar-refractivity contribution in [2.75, 3.05) is 18.0 Å². The van der Waals surface area contributed by atoms with E-state index in [1.165, 1.54) is 12.4 Å². The van der Waals surface area contributed by atoms with Gasteiger partial charge in [0.25, 0.3) is 0 Å². The molecular formula is C15H22N4O5. The Kier molecular flexibility index (Phi) is 5.23. The number of nitrogens with one attached hydrogen (secondary N) is 1. The molecule has 0 aliphatic carbocycles. The first kappa shape index (κ1) is 17.9. The van der Waals surface area contributed by atoms with Gasteiger partial charge in [-0.1, -0.05) is 0 Å². The van der Waals surface area contributed by atoms with Gasteiger partial charge in [0.05, 0.1) is 17.1 Å². The molecule has 0 spiro atoms. The number of nitrogens with zero attached hydrogens (tertiary/aromatic N) is 3. The third-order valence-electron chi connectivity index (χ3n) is 3.59. The highest BCUT2D eigenvalue weighted by molar-refractivity contribution is 5.69. The second-order valence-electron chi connectivity index (χ2n) is 6.68. The van der Waals surface area contributed by atoms with Gasteiger partial charge in [-0.05, 0) is 33.3 Å². The zero-order chi connectivity index (χ0) is 17.9. The van der Waals surface area contributed by atoms with Crippen LogP contribution in [-0.2, 0) is 4.74 Å². The molecule has 2 N–H and O–H groups in total. The number of aliphatic hydroxyl groups excluding tert-OH is 1. The molecule has 2 atom stereocenters. The van der Waals surface area contributed by atoms with Crippen LogP contribution >= 0.6 is 0 Å². The molecule has 2 heterocycles. The number of pyridine rings is 1. The molecule has 24 heavy (non-hydrogen) atoms. The fourth-order valence-electron chi connectivity index (χ4n) is 2.55. The van der Waals surface area contributed by atoms with Crippen molar-refractivity contribution >= 4 is 17.5 Å². The number of carbonyl (C=O) groups is 1. The molecule has 0 bridgehead atoms. The third-order valence-corrected chi connectivity index (χ3v) is 3.59. The lowest BCUT2D eigenvalue weighted by Crippen LogP contribution is -2.56. The van der Waals surface area contributed by atoms with E-state index >= 15 is 0 Å². The van der Waals surface area contributed by atoms with Gasteiger partial charge in [0, 0.05) is 19.3 Å². The number of rotatable bonds is 3. The van der Waals surface area contributed by atoms with Gasteiger partial charge in [0.1, 0.15) is 17.5 Å². The van der Waals surface area contributed by atoms with Crippen LogP contribution in [0.3, 0.4) is 0 Å². The maximum absolute atomic E-state index is 11.9. The van der Waals surface area contributed by atoms with Gasteiger partial charge in [0.2, 0.25) is 0 Å². The summed E-state index contributed by atoms with van der Waals surface area (Å²) < 4.78 is 5.19. The van der Waals surface area contributed by atoms with Crippen molar-refractivity contribution in [1.82, 2.24) is 10.3 Å². The van der Waals surface area contributed by atoms with Crippen LogP contribution in [0.5, 0.6) is 0 Å². The Morgan fingerprint density at radius 1 is 1.54 bits per heavy atom. The fraction of sp³-hybridized carbons (Fsp3) is 0.600. The van der Waals surface area contributed by atoms with E-state index in [9.17, 15) is 20.0 Å². The highest BCUT2D eigenvalue weighted by atomic mass is 16.6.